The summed E-state index contributed by atoms with van der Waals surface area (Å²) >= 11 is 0. The van der Waals surface area contributed by atoms with Crippen LogP contribution in [-0.2, 0) is 6.61 Å². The topological polar surface area (TPSA) is 52.3 Å². The highest BCUT2D eigenvalue weighted by Crippen LogP contribution is 2.29. The van der Waals surface area contributed by atoms with Crippen molar-refractivity contribution in [2.24, 2.45) is 0 Å². The largest absolute Gasteiger partial charge is 0.488 e. The SMILES string of the molecule is O=c1oc(-c2ccc(F)cc2)ncc1-c1ccccc1OCc1ccccc1. The Morgan fingerprint density at radius 3 is 2.32 bits per heavy atom. The Bertz CT molecular complexity index is 1140. The zero-order valence-electron chi connectivity index (χ0n) is 14.8. The van der Waals surface area contributed by atoms with E-state index in [0.717, 1.165) is 5.56 Å². The van der Waals surface area contributed by atoms with Gasteiger partial charge in [0.05, 0.1) is 5.56 Å². The average molecular weight is 373 g/mol. The van der Waals surface area contributed by atoms with Crippen LogP contribution in [0.3, 0.4) is 0 Å². The monoisotopic (exact) mass is 373 g/mol. The summed E-state index contributed by atoms with van der Waals surface area (Å²) in [6, 6.07) is 22.6. The molecule has 0 fully saturated rings. The molecule has 0 atom stereocenters. The molecule has 0 saturated heterocycles. The van der Waals surface area contributed by atoms with Gasteiger partial charge in [-0.15, -0.1) is 0 Å². The molecule has 4 nitrogen and oxygen atoms in total. The van der Waals surface area contributed by atoms with Crippen molar-refractivity contribution in [3.05, 3.63) is 107 Å². The Balaban J connectivity index is 1.64. The molecule has 28 heavy (non-hydrogen) atoms. The van der Waals surface area contributed by atoms with Crippen LogP contribution in [-0.4, -0.2) is 4.98 Å². The lowest BCUT2D eigenvalue weighted by Gasteiger charge is -2.11. The Hall–Kier alpha value is -3.73. The first-order valence-electron chi connectivity index (χ1n) is 8.73. The van der Waals surface area contributed by atoms with E-state index in [4.69, 9.17) is 9.15 Å². The van der Waals surface area contributed by atoms with Crippen LogP contribution in [0, 0.1) is 5.82 Å². The van der Waals surface area contributed by atoms with Gasteiger partial charge >= 0.3 is 5.63 Å². The molecule has 1 aromatic heterocycles. The molecule has 0 aliphatic rings. The van der Waals surface area contributed by atoms with Crippen molar-refractivity contribution in [3.8, 4) is 28.3 Å². The second-order valence-electron chi connectivity index (χ2n) is 6.14. The molecular weight excluding hydrogens is 357 g/mol. The van der Waals surface area contributed by atoms with Gasteiger partial charge in [0.2, 0.25) is 5.89 Å². The van der Waals surface area contributed by atoms with E-state index < -0.39 is 5.63 Å². The van der Waals surface area contributed by atoms with Crippen molar-refractivity contribution in [2.45, 2.75) is 6.61 Å². The molecular formula is C23H16FNO3. The van der Waals surface area contributed by atoms with Crippen LogP contribution in [0.15, 0.2) is 94.3 Å². The molecule has 5 heteroatoms. The lowest BCUT2D eigenvalue weighted by molar-refractivity contribution is 0.307. The second-order valence-corrected chi connectivity index (χ2v) is 6.14. The zero-order chi connectivity index (χ0) is 19.3. The molecule has 0 N–H and O–H groups in total. The fourth-order valence-corrected chi connectivity index (χ4v) is 2.80. The number of rotatable bonds is 5. The predicted octanol–water partition coefficient (Wildman–Crippen LogP) is 5.09. The van der Waals surface area contributed by atoms with Crippen LogP contribution in [0.1, 0.15) is 5.56 Å². The van der Waals surface area contributed by atoms with Crippen LogP contribution in [0.4, 0.5) is 4.39 Å². The number of nitrogens with zero attached hydrogens (tertiary/aromatic N) is 1. The Morgan fingerprint density at radius 1 is 0.857 bits per heavy atom. The third-order valence-corrected chi connectivity index (χ3v) is 4.23. The van der Waals surface area contributed by atoms with Gasteiger partial charge in [-0.25, -0.2) is 14.2 Å². The minimum atomic E-state index is -0.537. The normalized spacial score (nSPS) is 10.6. The maximum absolute atomic E-state index is 13.1. The quantitative estimate of drug-likeness (QED) is 0.489. The van der Waals surface area contributed by atoms with Gasteiger partial charge in [0.1, 0.15) is 18.2 Å². The maximum atomic E-state index is 13.1. The van der Waals surface area contributed by atoms with Gasteiger partial charge in [0.15, 0.2) is 0 Å². The molecule has 3 aromatic carbocycles. The van der Waals surface area contributed by atoms with E-state index in [0.29, 0.717) is 29.0 Å². The van der Waals surface area contributed by atoms with E-state index in [1.165, 1.54) is 30.5 Å². The third-order valence-electron chi connectivity index (χ3n) is 4.23. The smallest absolute Gasteiger partial charge is 0.347 e. The Kier molecular flexibility index (Phi) is 4.97. The van der Waals surface area contributed by atoms with E-state index >= 15 is 0 Å². The summed E-state index contributed by atoms with van der Waals surface area (Å²) in [6.07, 6.45) is 1.45. The first-order chi connectivity index (χ1) is 13.7. The van der Waals surface area contributed by atoms with Gasteiger partial charge in [0, 0.05) is 17.3 Å². The molecule has 1 heterocycles. The predicted molar refractivity (Wildman–Crippen MR) is 104 cm³/mol. The van der Waals surface area contributed by atoms with Crippen molar-refractivity contribution in [3.63, 3.8) is 0 Å². The highest BCUT2D eigenvalue weighted by Gasteiger charge is 2.13. The minimum Gasteiger partial charge on any atom is -0.488 e. The van der Waals surface area contributed by atoms with E-state index in [2.05, 4.69) is 4.98 Å². The molecule has 0 aliphatic heterocycles. The average Bonchev–Trinajstić information content (AvgIpc) is 2.74. The maximum Gasteiger partial charge on any atom is 0.347 e. The molecule has 4 rings (SSSR count). The first-order valence-corrected chi connectivity index (χ1v) is 8.73. The van der Waals surface area contributed by atoms with Crippen molar-refractivity contribution < 1.29 is 13.5 Å². The number of para-hydroxylation sites is 1. The number of ether oxygens (including phenoxy) is 1. The molecule has 0 spiro atoms. The summed E-state index contributed by atoms with van der Waals surface area (Å²) < 4.78 is 24.4. The van der Waals surface area contributed by atoms with Crippen LogP contribution in [0.25, 0.3) is 22.6 Å². The van der Waals surface area contributed by atoms with E-state index in [1.54, 1.807) is 12.1 Å². The van der Waals surface area contributed by atoms with Gasteiger partial charge < -0.3 is 9.15 Å². The van der Waals surface area contributed by atoms with Crippen molar-refractivity contribution in [1.29, 1.82) is 0 Å². The number of halogens is 1. The third kappa shape index (κ3) is 3.83. The van der Waals surface area contributed by atoms with Crippen LogP contribution < -0.4 is 10.4 Å². The van der Waals surface area contributed by atoms with Gasteiger partial charge in [-0.3, -0.25) is 0 Å². The number of benzene rings is 3. The molecule has 138 valence electrons. The highest BCUT2D eigenvalue weighted by atomic mass is 19.1. The Labute approximate surface area is 160 Å². The van der Waals surface area contributed by atoms with E-state index in [-0.39, 0.29) is 11.7 Å². The van der Waals surface area contributed by atoms with Gasteiger partial charge in [-0.1, -0.05) is 48.5 Å². The summed E-state index contributed by atoms with van der Waals surface area (Å²) in [7, 11) is 0. The van der Waals surface area contributed by atoms with Crippen molar-refractivity contribution in [1.82, 2.24) is 4.98 Å². The lowest BCUT2D eigenvalue weighted by Crippen LogP contribution is -2.06. The highest BCUT2D eigenvalue weighted by molar-refractivity contribution is 5.69. The molecule has 0 aliphatic carbocycles. The minimum absolute atomic E-state index is 0.136. The molecule has 0 unspecified atom stereocenters. The Morgan fingerprint density at radius 2 is 1.57 bits per heavy atom. The first kappa shape index (κ1) is 17.7. The van der Waals surface area contributed by atoms with Crippen LogP contribution in [0.2, 0.25) is 0 Å². The number of hydrogen-bond acceptors (Lipinski definition) is 4. The number of aromatic nitrogens is 1. The van der Waals surface area contributed by atoms with Crippen LogP contribution in [0.5, 0.6) is 5.75 Å². The summed E-state index contributed by atoms with van der Waals surface area (Å²) in [6.45, 7) is 0.379. The lowest BCUT2D eigenvalue weighted by atomic mass is 10.1. The van der Waals surface area contributed by atoms with Gasteiger partial charge in [-0.2, -0.15) is 0 Å². The fourth-order valence-electron chi connectivity index (χ4n) is 2.80. The fraction of sp³-hybridized carbons (Fsp3) is 0.0435. The van der Waals surface area contributed by atoms with Crippen molar-refractivity contribution in [2.75, 3.05) is 0 Å². The van der Waals surface area contributed by atoms with Crippen LogP contribution >= 0.6 is 0 Å². The summed E-state index contributed by atoms with van der Waals surface area (Å²) in [5.41, 5.74) is 1.91. The second kappa shape index (κ2) is 7.88. The zero-order valence-corrected chi connectivity index (χ0v) is 14.8. The molecule has 0 amide bonds. The van der Waals surface area contributed by atoms with Gasteiger partial charge in [-0.05, 0) is 35.9 Å². The molecule has 4 aromatic rings. The molecule has 0 radical (unpaired) electrons. The molecule has 0 saturated carbocycles. The van der Waals surface area contributed by atoms with Crippen molar-refractivity contribution >= 4 is 0 Å². The van der Waals surface area contributed by atoms with E-state index in [1.807, 2.05) is 42.5 Å². The summed E-state index contributed by atoms with van der Waals surface area (Å²) in [5, 5.41) is 0. The number of hydrogen-bond donors (Lipinski definition) is 0. The molecule has 0 bridgehead atoms. The van der Waals surface area contributed by atoms with E-state index in [9.17, 15) is 9.18 Å². The van der Waals surface area contributed by atoms with Gasteiger partial charge in [0.25, 0.3) is 0 Å². The standard InChI is InChI=1S/C23H16FNO3/c24-18-12-10-17(11-13-18)22-25-14-20(23(26)28-22)19-8-4-5-9-21(19)27-15-16-6-2-1-3-7-16/h1-14H,15H2. The summed E-state index contributed by atoms with van der Waals surface area (Å²) in [5.74, 6) is 0.332. The summed E-state index contributed by atoms with van der Waals surface area (Å²) in [4.78, 5) is 16.8.